The summed E-state index contributed by atoms with van der Waals surface area (Å²) >= 11 is 11.8. The molecule has 0 bridgehead atoms. The third-order valence-electron chi connectivity index (χ3n) is 8.53. The molecule has 0 spiro atoms. The van der Waals surface area contributed by atoms with Crippen LogP contribution < -0.4 is 31.6 Å². The number of rotatable bonds is 12. The average Bonchev–Trinajstić information content (AvgIpc) is 3.71. The highest BCUT2D eigenvalue weighted by Crippen LogP contribution is 2.36. The van der Waals surface area contributed by atoms with E-state index in [9.17, 15) is 5.11 Å². The van der Waals surface area contributed by atoms with Gasteiger partial charge in [0.15, 0.2) is 23.1 Å². The van der Waals surface area contributed by atoms with Crippen molar-refractivity contribution >= 4 is 46.7 Å². The quantitative estimate of drug-likeness (QED) is 0.0897. The zero-order chi connectivity index (χ0) is 33.9. The van der Waals surface area contributed by atoms with E-state index in [0.717, 1.165) is 51.4 Å². The Balaban J connectivity index is 0.000000188. The summed E-state index contributed by atoms with van der Waals surface area (Å²) in [6, 6.07) is 14.7. The summed E-state index contributed by atoms with van der Waals surface area (Å²) < 4.78 is 11.7. The summed E-state index contributed by atoms with van der Waals surface area (Å²) in [4.78, 5) is 16.6. The lowest BCUT2D eigenvalue weighted by Crippen LogP contribution is -2.25. The fourth-order valence-electron chi connectivity index (χ4n) is 6.14. The molecule has 8 N–H and O–H groups in total. The van der Waals surface area contributed by atoms with Crippen LogP contribution in [-0.2, 0) is 0 Å². The van der Waals surface area contributed by atoms with Gasteiger partial charge >= 0.3 is 0 Å². The monoisotopic (exact) mass is 696 g/mol. The predicted octanol–water partition coefficient (Wildman–Crippen LogP) is 6.94. The molecule has 6 rings (SSSR count). The first-order valence-corrected chi connectivity index (χ1v) is 16.9. The zero-order valence-corrected chi connectivity index (χ0v) is 28.1. The van der Waals surface area contributed by atoms with Crippen LogP contribution in [0.3, 0.4) is 0 Å². The molecule has 4 unspecified atom stereocenters. The molecule has 0 radical (unpaired) electrons. The number of nitrogen functional groups attached to an aromatic ring is 2. The normalized spacial score (nSPS) is 20.1. The first-order chi connectivity index (χ1) is 23.3. The molecule has 256 valence electrons. The van der Waals surface area contributed by atoms with Gasteiger partial charge in [-0.1, -0.05) is 29.6 Å². The van der Waals surface area contributed by atoms with E-state index in [-0.39, 0.29) is 31.2 Å². The second-order valence-corrected chi connectivity index (χ2v) is 12.9. The first kappa shape index (κ1) is 35.2. The molecule has 0 saturated heterocycles. The molecule has 2 heterocycles. The van der Waals surface area contributed by atoms with Gasteiger partial charge in [0.05, 0.1) is 12.4 Å². The van der Waals surface area contributed by atoms with Crippen molar-refractivity contribution in [3.63, 3.8) is 0 Å². The average molecular weight is 698 g/mol. The second-order valence-electron chi connectivity index (χ2n) is 12.0. The number of ether oxygens (including phenoxy) is 2. The van der Waals surface area contributed by atoms with Gasteiger partial charge in [0.1, 0.15) is 11.5 Å². The molecule has 2 saturated carbocycles. The van der Waals surface area contributed by atoms with Gasteiger partial charge in [-0.2, -0.15) is 9.97 Å². The summed E-state index contributed by atoms with van der Waals surface area (Å²) in [6.07, 6.45) is 11.2. The molecule has 2 fully saturated rings. The molecule has 2 aliphatic carbocycles. The van der Waals surface area contributed by atoms with Crippen LogP contribution in [0.5, 0.6) is 23.0 Å². The highest BCUT2D eigenvalue weighted by Gasteiger charge is 2.28. The van der Waals surface area contributed by atoms with E-state index in [1.807, 2.05) is 0 Å². The third kappa shape index (κ3) is 10.2. The number of halogens is 2. The van der Waals surface area contributed by atoms with Crippen LogP contribution in [-0.4, -0.2) is 55.4 Å². The smallest absolute Gasteiger partial charge is 0.222 e. The highest BCUT2D eigenvalue weighted by molar-refractivity contribution is 6.30. The lowest BCUT2D eigenvalue weighted by molar-refractivity contribution is 0.254. The Kier molecular flexibility index (Phi) is 12.7. The number of anilines is 4. The summed E-state index contributed by atoms with van der Waals surface area (Å²) in [5, 5.41) is 26.4. The molecule has 0 aliphatic heterocycles. The van der Waals surface area contributed by atoms with Gasteiger partial charge in [-0.15, -0.1) is 0 Å². The molecular formula is C34H42Cl2N8O4. The number of benzene rings is 2. The Bertz CT molecular complexity index is 1600. The molecular weight excluding hydrogens is 655 g/mol. The van der Waals surface area contributed by atoms with Crippen LogP contribution in [0.4, 0.5) is 23.5 Å². The number of nitrogens with zero attached hydrogens (tertiary/aromatic N) is 4. The minimum Gasteiger partial charge on any atom is -0.452 e. The van der Waals surface area contributed by atoms with Crippen molar-refractivity contribution in [2.45, 2.75) is 63.5 Å². The van der Waals surface area contributed by atoms with Crippen molar-refractivity contribution in [3.8, 4) is 23.0 Å². The van der Waals surface area contributed by atoms with Crippen molar-refractivity contribution in [1.29, 1.82) is 0 Å². The SMILES string of the molecule is Nc1ncc(Oc2ccc(Cl)cc2)c(NC2CCC(CCO)C2)n1.Nc1ncc(Oc2ccc(Cl)cc2)c(NC2CCCC2CCO)n1. The molecule has 2 aromatic heterocycles. The lowest BCUT2D eigenvalue weighted by Gasteiger charge is -2.22. The molecule has 14 heteroatoms. The van der Waals surface area contributed by atoms with E-state index in [1.165, 1.54) is 0 Å². The van der Waals surface area contributed by atoms with Gasteiger partial charge in [-0.05, 0) is 105 Å². The van der Waals surface area contributed by atoms with Crippen molar-refractivity contribution in [3.05, 3.63) is 71.0 Å². The summed E-state index contributed by atoms with van der Waals surface area (Å²) in [7, 11) is 0. The van der Waals surface area contributed by atoms with Gasteiger partial charge in [0, 0.05) is 35.3 Å². The largest absolute Gasteiger partial charge is 0.452 e. The van der Waals surface area contributed by atoms with E-state index < -0.39 is 0 Å². The van der Waals surface area contributed by atoms with Gasteiger partial charge in [0.25, 0.3) is 0 Å². The molecule has 4 aromatic rings. The van der Waals surface area contributed by atoms with Crippen molar-refractivity contribution < 1.29 is 19.7 Å². The Morgan fingerprint density at radius 1 is 0.708 bits per heavy atom. The first-order valence-electron chi connectivity index (χ1n) is 16.2. The minimum atomic E-state index is 0.192. The maximum Gasteiger partial charge on any atom is 0.222 e. The Morgan fingerprint density at radius 2 is 1.25 bits per heavy atom. The van der Waals surface area contributed by atoms with Gasteiger partial charge in [-0.3, -0.25) is 0 Å². The number of aliphatic hydroxyl groups excluding tert-OH is 2. The van der Waals surface area contributed by atoms with E-state index in [1.54, 1.807) is 60.9 Å². The number of aromatic nitrogens is 4. The Labute approximate surface area is 290 Å². The maximum absolute atomic E-state index is 9.22. The summed E-state index contributed by atoms with van der Waals surface area (Å²) in [6.45, 7) is 0.436. The van der Waals surface area contributed by atoms with Crippen molar-refractivity contribution in [1.82, 2.24) is 19.9 Å². The molecule has 48 heavy (non-hydrogen) atoms. The second kappa shape index (κ2) is 17.3. The fraction of sp³-hybridized carbons (Fsp3) is 0.412. The van der Waals surface area contributed by atoms with Crippen LogP contribution in [0.25, 0.3) is 0 Å². The van der Waals surface area contributed by atoms with E-state index in [4.69, 9.17) is 49.2 Å². The maximum atomic E-state index is 9.22. The predicted molar refractivity (Wildman–Crippen MR) is 189 cm³/mol. The Hall–Kier alpha value is -4.10. The van der Waals surface area contributed by atoms with Crippen LogP contribution in [0, 0.1) is 11.8 Å². The van der Waals surface area contributed by atoms with Gasteiger partial charge < -0.3 is 41.8 Å². The van der Waals surface area contributed by atoms with E-state index in [2.05, 4.69) is 30.6 Å². The Morgan fingerprint density at radius 3 is 1.79 bits per heavy atom. The number of hydrogen-bond donors (Lipinski definition) is 6. The lowest BCUT2D eigenvalue weighted by atomic mass is 10.00. The van der Waals surface area contributed by atoms with Crippen LogP contribution in [0.2, 0.25) is 10.0 Å². The number of hydrogen-bond acceptors (Lipinski definition) is 12. The number of nitrogens with two attached hydrogens (primary N) is 2. The third-order valence-corrected chi connectivity index (χ3v) is 9.03. The molecule has 0 amide bonds. The topological polar surface area (TPSA) is 187 Å². The molecule has 4 atom stereocenters. The number of nitrogens with one attached hydrogen (secondary N) is 2. The standard InChI is InChI=1S/2C17H21ClN4O2/c18-12-2-5-14(6-3-12)24-15-10-20-17(19)22-16(15)21-13-4-1-11(9-13)7-8-23;18-12-4-6-13(7-5-12)24-15-10-20-17(19)22-16(15)21-14-3-1-2-11(14)8-9-23/h2-3,5-6,10-11,13,23H,1,4,7-9H2,(H3,19,20,21,22);4-7,10-11,14,23H,1-3,8-9H2,(H3,19,20,21,22). The van der Waals surface area contributed by atoms with Gasteiger partial charge in [-0.25, -0.2) is 9.97 Å². The van der Waals surface area contributed by atoms with Crippen LogP contribution in [0.1, 0.15) is 51.4 Å². The van der Waals surface area contributed by atoms with Crippen LogP contribution in [0.15, 0.2) is 60.9 Å². The van der Waals surface area contributed by atoms with Gasteiger partial charge in [0.2, 0.25) is 11.9 Å². The fourth-order valence-corrected chi connectivity index (χ4v) is 6.39. The highest BCUT2D eigenvalue weighted by atomic mass is 35.5. The van der Waals surface area contributed by atoms with Crippen LogP contribution >= 0.6 is 23.2 Å². The minimum absolute atomic E-state index is 0.192. The number of aliphatic hydroxyl groups is 2. The van der Waals surface area contributed by atoms with E-state index >= 15 is 0 Å². The summed E-state index contributed by atoms with van der Waals surface area (Å²) in [5.74, 6) is 4.87. The molecule has 2 aromatic carbocycles. The van der Waals surface area contributed by atoms with Crippen molar-refractivity contribution in [2.75, 3.05) is 35.3 Å². The van der Waals surface area contributed by atoms with Crippen molar-refractivity contribution in [2.24, 2.45) is 11.8 Å². The zero-order valence-electron chi connectivity index (χ0n) is 26.6. The summed E-state index contributed by atoms with van der Waals surface area (Å²) in [5.41, 5.74) is 11.5. The molecule has 12 nitrogen and oxygen atoms in total. The molecule has 2 aliphatic rings. The van der Waals surface area contributed by atoms with E-state index in [0.29, 0.717) is 62.6 Å².